The summed E-state index contributed by atoms with van der Waals surface area (Å²) in [4.78, 5) is 30.7. The van der Waals surface area contributed by atoms with E-state index in [1.54, 1.807) is 24.1 Å². The summed E-state index contributed by atoms with van der Waals surface area (Å²) in [6, 6.07) is 9.10. The van der Waals surface area contributed by atoms with E-state index in [1.807, 2.05) is 25.1 Å². The summed E-state index contributed by atoms with van der Waals surface area (Å²) in [5, 5.41) is 0.531. The minimum atomic E-state index is -0.150. The zero-order valence-electron chi connectivity index (χ0n) is 14.0. The summed E-state index contributed by atoms with van der Waals surface area (Å²) in [5.74, 6) is 1.49. The number of aryl methyl sites for hydroxylation is 2. The van der Waals surface area contributed by atoms with Crippen LogP contribution in [0.5, 0.6) is 0 Å². The Kier molecular flexibility index (Phi) is 5.03. The lowest BCUT2D eigenvalue weighted by atomic mass is 10.2. The number of rotatable bonds is 5. The summed E-state index contributed by atoms with van der Waals surface area (Å²) < 4.78 is 7.77. The molecule has 0 atom stereocenters. The van der Waals surface area contributed by atoms with Gasteiger partial charge in [0.25, 0.3) is 5.56 Å². The largest absolute Gasteiger partial charge is 0.464 e. The molecule has 0 radical (unpaired) electrons. The molecule has 0 aliphatic heterocycles. The van der Waals surface area contributed by atoms with Crippen LogP contribution in [0.25, 0.3) is 10.9 Å². The maximum Gasteiger partial charge on any atom is 0.261 e. The van der Waals surface area contributed by atoms with Crippen LogP contribution in [-0.2, 0) is 17.9 Å². The number of halogens is 1. The molecule has 2 aromatic heterocycles. The summed E-state index contributed by atoms with van der Waals surface area (Å²) >= 11 is 3.36. The third kappa shape index (κ3) is 3.99. The molecular weight excluding hydrogens is 386 g/mol. The molecule has 1 amide bonds. The van der Waals surface area contributed by atoms with Gasteiger partial charge in [-0.1, -0.05) is 15.9 Å². The van der Waals surface area contributed by atoms with Crippen LogP contribution < -0.4 is 5.56 Å². The SMILES string of the molecule is Cc1ccc(CN(C)C(=O)CCn2cnc3ccc(Br)cc3c2=O)o1. The molecule has 0 aliphatic rings. The number of carbonyl (C=O) groups excluding carboxylic acids is 1. The lowest BCUT2D eigenvalue weighted by Crippen LogP contribution is -2.29. The minimum Gasteiger partial charge on any atom is -0.464 e. The minimum absolute atomic E-state index is 0.0599. The molecule has 0 unspecified atom stereocenters. The van der Waals surface area contributed by atoms with E-state index in [2.05, 4.69) is 20.9 Å². The van der Waals surface area contributed by atoms with Gasteiger partial charge in [-0.2, -0.15) is 0 Å². The molecule has 2 heterocycles. The average Bonchev–Trinajstić information content (AvgIpc) is 2.99. The van der Waals surface area contributed by atoms with Crippen molar-refractivity contribution in [3.05, 3.63) is 63.0 Å². The van der Waals surface area contributed by atoms with Gasteiger partial charge in [0.1, 0.15) is 11.5 Å². The Balaban J connectivity index is 1.68. The Morgan fingerprint density at radius 1 is 1.32 bits per heavy atom. The third-order valence-corrected chi connectivity index (χ3v) is 4.46. The van der Waals surface area contributed by atoms with E-state index in [1.165, 1.54) is 10.9 Å². The number of furan rings is 1. The molecule has 0 saturated heterocycles. The second kappa shape index (κ2) is 7.23. The number of carbonyl (C=O) groups is 1. The fraction of sp³-hybridized carbons (Fsp3) is 0.278. The third-order valence-electron chi connectivity index (χ3n) is 3.97. The molecule has 0 bridgehead atoms. The molecule has 0 fully saturated rings. The van der Waals surface area contributed by atoms with Gasteiger partial charge >= 0.3 is 0 Å². The number of nitrogens with zero attached hydrogens (tertiary/aromatic N) is 3. The second-order valence-electron chi connectivity index (χ2n) is 5.92. The van der Waals surface area contributed by atoms with Gasteiger partial charge in [0, 0.05) is 24.5 Å². The van der Waals surface area contributed by atoms with Gasteiger partial charge in [-0.25, -0.2) is 4.98 Å². The first-order valence-electron chi connectivity index (χ1n) is 7.88. The molecule has 0 aliphatic carbocycles. The number of benzene rings is 1. The zero-order chi connectivity index (χ0) is 18.0. The molecule has 0 N–H and O–H groups in total. The summed E-state index contributed by atoms with van der Waals surface area (Å²) in [5.41, 5.74) is 0.490. The Morgan fingerprint density at radius 3 is 2.84 bits per heavy atom. The maximum absolute atomic E-state index is 12.5. The number of amides is 1. The smallest absolute Gasteiger partial charge is 0.261 e. The van der Waals surface area contributed by atoms with E-state index in [0.29, 0.717) is 17.4 Å². The summed E-state index contributed by atoms with van der Waals surface area (Å²) in [6.07, 6.45) is 1.71. The van der Waals surface area contributed by atoms with Crippen molar-refractivity contribution in [2.24, 2.45) is 0 Å². The van der Waals surface area contributed by atoms with Crippen molar-refractivity contribution in [3.8, 4) is 0 Å². The highest BCUT2D eigenvalue weighted by Gasteiger charge is 2.12. The van der Waals surface area contributed by atoms with Gasteiger partial charge in [0.2, 0.25) is 5.91 Å². The van der Waals surface area contributed by atoms with Gasteiger partial charge in [0.05, 0.1) is 23.8 Å². The normalized spacial score (nSPS) is 11.0. The first-order valence-corrected chi connectivity index (χ1v) is 8.67. The van der Waals surface area contributed by atoms with Crippen molar-refractivity contribution < 1.29 is 9.21 Å². The number of fused-ring (bicyclic) bond motifs is 1. The summed E-state index contributed by atoms with van der Waals surface area (Å²) in [6.45, 7) is 2.56. The first kappa shape index (κ1) is 17.4. The number of aromatic nitrogens is 2. The van der Waals surface area contributed by atoms with E-state index in [4.69, 9.17) is 4.42 Å². The molecule has 7 heteroatoms. The van der Waals surface area contributed by atoms with Crippen molar-refractivity contribution in [3.63, 3.8) is 0 Å². The molecule has 25 heavy (non-hydrogen) atoms. The monoisotopic (exact) mass is 403 g/mol. The topological polar surface area (TPSA) is 68.3 Å². The van der Waals surface area contributed by atoms with Gasteiger partial charge in [-0.05, 0) is 37.3 Å². The number of hydrogen-bond acceptors (Lipinski definition) is 4. The Morgan fingerprint density at radius 2 is 2.12 bits per heavy atom. The van der Waals surface area contributed by atoms with Crippen molar-refractivity contribution in [2.75, 3.05) is 7.05 Å². The zero-order valence-corrected chi connectivity index (χ0v) is 15.6. The van der Waals surface area contributed by atoms with Crippen molar-refractivity contribution >= 4 is 32.7 Å². The van der Waals surface area contributed by atoms with Gasteiger partial charge in [0.15, 0.2) is 0 Å². The van der Waals surface area contributed by atoms with E-state index in [0.717, 1.165) is 16.0 Å². The molecule has 1 aromatic carbocycles. The lowest BCUT2D eigenvalue weighted by Gasteiger charge is -2.16. The van der Waals surface area contributed by atoms with Crippen LogP contribution in [0.15, 0.2) is 50.3 Å². The highest BCUT2D eigenvalue weighted by atomic mass is 79.9. The molecule has 130 valence electrons. The van der Waals surface area contributed by atoms with Crippen LogP contribution in [0.4, 0.5) is 0 Å². The van der Waals surface area contributed by atoms with Gasteiger partial charge in [-0.15, -0.1) is 0 Å². The molecule has 0 spiro atoms. The predicted molar refractivity (Wildman–Crippen MR) is 98.2 cm³/mol. The van der Waals surface area contributed by atoms with Crippen LogP contribution in [0.1, 0.15) is 17.9 Å². The highest BCUT2D eigenvalue weighted by Crippen LogP contribution is 2.15. The Hall–Kier alpha value is -2.41. The van der Waals surface area contributed by atoms with Crippen LogP contribution >= 0.6 is 15.9 Å². The van der Waals surface area contributed by atoms with Crippen LogP contribution in [0, 0.1) is 6.92 Å². The Labute approximate surface area is 153 Å². The van der Waals surface area contributed by atoms with E-state index in [9.17, 15) is 9.59 Å². The maximum atomic E-state index is 12.5. The average molecular weight is 404 g/mol. The molecule has 3 rings (SSSR count). The van der Waals surface area contributed by atoms with E-state index in [-0.39, 0.29) is 24.4 Å². The highest BCUT2D eigenvalue weighted by molar-refractivity contribution is 9.10. The standard InChI is InChI=1S/C18H18BrN3O3/c1-12-3-5-14(25-12)10-21(2)17(23)7-8-22-11-20-16-6-4-13(19)9-15(16)18(22)24/h3-6,9,11H,7-8,10H2,1-2H3. The van der Waals surface area contributed by atoms with Crippen molar-refractivity contribution in [1.29, 1.82) is 0 Å². The van der Waals surface area contributed by atoms with Crippen molar-refractivity contribution in [2.45, 2.75) is 26.4 Å². The van der Waals surface area contributed by atoms with Gasteiger partial charge < -0.3 is 9.32 Å². The molecular formula is C18H18BrN3O3. The lowest BCUT2D eigenvalue weighted by molar-refractivity contribution is -0.130. The molecule has 0 saturated carbocycles. The second-order valence-corrected chi connectivity index (χ2v) is 6.83. The fourth-order valence-corrected chi connectivity index (χ4v) is 2.95. The Bertz CT molecular complexity index is 977. The molecule has 3 aromatic rings. The van der Waals surface area contributed by atoms with Crippen molar-refractivity contribution in [1.82, 2.24) is 14.5 Å². The molecule has 6 nitrogen and oxygen atoms in total. The predicted octanol–water partition coefficient (Wildman–Crippen LogP) is 3.11. The summed E-state index contributed by atoms with van der Waals surface area (Å²) in [7, 11) is 1.72. The number of hydrogen-bond donors (Lipinski definition) is 0. The van der Waals surface area contributed by atoms with E-state index < -0.39 is 0 Å². The van der Waals surface area contributed by atoms with Gasteiger partial charge in [-0.3, -0.25) is 14.2 Å². The van der Waals surface area contributed by atoms with E-state index >= 15 is 0 Å². The fourth-order valence-electron chi connectivity index (χ4n) is 2.59. The first-order chi connectivity index (χ1) is 11.9. The van der Waals surface area contributed by atoms with Crippen LogP contribution in [0.3, 0.4) is 0 Å². The quantitative estimate of drug-likeness (QED) is 0.656. The van der Waals surface area contributed by atoms with Crippen LogP contribution in [0.2, 0.25) is 0 Å². The van der Waals surface area contributed by atoms with Crippen LogP contribution in [-0.4, -0.2) is 27.4 Å².